The van der Waals surface area contributed by atoms with Crippen molar-refractivity contribution in [2.45, 2.75) is 36.6 Å². The van der Waals surface area contributed by atoms with E-state index in [9.17, 15) is 17.6 Å². The summed E-state index contributed by atoms with van der Waals surface area (Å²) < 4.78 is 40.7. The summed E-state index contributed by atoms with van der Waals surface area (Å²) in [5.74, 6) is 0.379. The van der Waals surface area contributed by atoms with E-state index in [2.05, 4.69) is 5.32 Å². The van der Waals surface area contributed by atoms with Crippen LogP contribution in [0.4, 0.5) is 10.1 Å². The Balaban J connectivity index is 1.58. The second-order valence-electron chi connectivity index (χ2n) is 7.65. The molecule has 4 rings (SSSR count). The number of nitrogens with one attached hydrogen (secondary N) is 1. The normalized spacial score (nSPS) is 23.5. The SMILES string of the molecule is O=C(CN(c1ccc(F)cc1)S(=O)(=O)c1ccccc1)N[C@H]1C[C@@H]2CC[C@@H]1C2. The molecule has 2 aromatic rings. The lowest BCUT2D eigenvalue weighted by molar-refractivity contribution is -0.120. The third-order valence-electron chi connectivity index (χ3n) is 5.82. The van der Waals surface area contributed by atoms with Gasteiger partial charge in [0.25, 0.3) is 10.0 Å². The summed E-state index contributed by atoms with van der Waals surface area (Å²) in [7, 11) is -3.96. The number of carbonyl (C=O) groups is 1. The van der Waals surface area contributed by atoms with Crippen LogP contribution in [0.25, 0.3) is 0 Å². The van der Waals surface area contributed by atoms with Crippen molar-refractivity contribution >= 4 is 21.6 Å². The molecule has 2 aromatic carbocycles. The summed E-state index contributed by atoms with van der Waals surface area (Å²) >= 11 is 0. The molecule has 0 unspecified atom stereocenters. The van der Waals surface area contributed by atoms with Gasteiger partial charge in [0.2, 0.25) is 5.91 Å². The number of rotatable bonds is 6. The lowest BCUT2D eigenvalue weighted by atomic mass is 9.95. The van der Waals surface area contributed by atoms with Crippen molar-refractivity contribution in [3.63, 3.8) is 0 Å². The van der Waals surface area contributed by atoms with Crippen molar-refractivity contribution in [2.75, 3.05) is 10.8 Å². The molecule has 2 aliphatic carbocycles. The number of halogens is 1. The first-order valence-electron chi connectivity index (χ1n) is 9.56. The van der Waals surface area contributed by atoms with Crippen molar-refractivity contribution < 1.29 is 17.6 Å². The number of sulfonamides is 1. The average molecular weight is 402 g/mol. The molecule has 0 radical (unpaired) electrons. The van der Waals surface area contributed by atoms with Crippen LogP contribution in [0.15, 0.2) is 59.5 Å². The van der Waals surface area contributed by atoms with E-state index in [1.54, 1.807) is 18.2 Å². The minimum atomic E-state index is -3.96. The number of anilines is 1. The largest absolute Gasteiger partial charge is 0.352 e. The van der Waals surface area contributed by atoms with E-state index in [1.165, 1.54) is 42.8 Å². The number of carbonyl (C=O) groups excluding carboxylic acids is 1. The summed E-state index contributed by atoms with van der Waals surface area (Å²) in [4.78, 5) is 12.8. The molecule has 0 aromatic heterocycles. The molecule has 2 bridgehead atoms. The third-order valence-corrected chi connectivity index (χ3v) is 7.61. The smallest absolute Gasteiger partial charge is 0.264 e. The summed E-state index contributed by atoms with van der Waals surface area (Å²) in [6, 6.07) is 13.2. The molecule has 2 saturated carbocycles. The fourth-order valence-corrected chi connectivity index (χ4v) is 5.89. The monoisotopic (exact) mass is 402 g/mol. The highest BCUT2D eigenvalue weighted by molar-refractivity contribution is 7.92. The third kappa shape index (κ3) is 3.76. The Morgan fingerprint density at radius 1 is 1.04 bits per heavy atom. The number of nitrogens with zero attached hydrogens (tertiary/aromatic N) is 1. The van der Waals surface area contributed by atoms with Crippen molar-refractivity contribution in [3.8, 4) is 0 Å². The second-order valence-corrected chi connectivity index (χ2v) is 9.51. The van der Waals surface area contributed by atoms with Crippen LogP contribution in [0.2, 0.25) is 0 Å². The molecule has 0 saturated heterocycles. The molecule has 28 heavy (non-hydrogen) atoms. The van der Waals surface area contributed by atoms with Crippen LogP contribution in [-0.2, 0) is 14.8 Å². The summed E-state index contributed by atoms with van der Waals surface area (Å²) in [6.07, 6.45) is 4.47. The van der Waals surface area contributed by atoms with Gasteiger partial charge in [-0.2, -0.15) is 0 Å². The van der Waals surface area contributed by atoms with E-state index >= 15 is 0 Å². The van der Waals surface area contributed by atoms with Gasteiger partial charge in [0.1, 0.15) is 12.4 Å². The molecule has 0 heterocycles. The van der Waals surface area contributed by atoms with Crippen molar-refractivity contribution in [1.82, 2.24) is 5.32 Å². The highest BCUT2D eigenvalue weighted by Gasteiger charge is 2.40. The first-order chi connectivity index (χ1) is 13.4. The topological polar surface area (TPSA) is 66.5 Å². The zero-order valence-electron chi connectivity index (χ0n) is 15.4. The van der Waals surface area contributed by atoms with E-state index in [1.807, 2.05) is 0 Å². The molecule has 7 heteroatoms. The van der Waals surface area contributed by atoms with Crippen molar-refractivity contribution in [1.29, 1.82) is 0 Å². The Bertz CT molecular complexity index is 947. The Morgan fingerprint density at radius 2 is 1.75 bits per heavy atom. The van der Waals surface area contributed by atoms with Crippen molar-refractivity contribution in [3.05, 3.63) is 60.4 Å². The standard InChI is InChI=1S/C21H23FN2O3S/c22-17-8-10-18(11-9-17)24(28(26,27)19-4-2-1-3-5-19)14-21(25)23-20-13-15-6-7-16(20)12-15/h1-5,8-11,15-16,20H,6-7,12-14H2,(H,23,25)/t15-,16-,20+/m1/s1. The molecule has 2 aliphatic rings. The minimum Gasteiger partial charge on any atom is -0.352 e. The molecule has 0 spiro atoms. The lowest BCUT2D eigenvalue weighted by Crippen LogP contribution is -2.46. The number of hydrogen-bond donors (Lipinski definition) is 1. The van der Waals surface area contributed by atoms with Gasteiger partial charge in [-0.05, 0) is 67.5 Å². The number of benzene rings is 2. The van der Waals surface area contributed by atoms with E-state index in [0.29, 0.717) is 11.8 Å². The molecule has 0 aliphatic heterocycles. The van der Waals surface area contributed by atoms with Gasteiger partial charge in [-0.1, -0.05) is 24.6 Å². The first-order valence-corrected chi connectivity index (χ1v) is 11.0. The van der Waals surface area contributed by atoms with Gasteiger partial charge in [0, 0.05) is 6.04 Å². The van der Waals surface area contributed by atoms with Gasteiger partial charge in [-0.3, -0.25) is 9.10 Å². The van der Waals surface area contributed by atoms with Crippen LogP contribution < -0.4 is 9.62 Å². The van der Waals surface area contributed by atoms with E-state index in [0.717, 1.165) is 23.6 Å². The molecule has 3 atom stereocenters. The van der Waals surface area contributed by atoms with Crippen LogP contribution in [0.1, 0.15) is 25.7 Å². The quantitative estimate of drug-likeness (QED) is 0.806. The fraction of sp³-hybridized carbons (Fsp3) is 0.381. The van der Waals surface area contributed by atoms with Crippen LogP contribution in [-0.4, -0.2) is 26.9 Å². The Morgan fingerprint density at radius 3 is 2.36 bits per heavy atom. The molecule has 1 N–H and O–H groups in total. The predicted molar refractivity (Wildman–Crippen MR) is 105 cm³/mol. The average Bonchev–Trinajstić information content (AvgIpc) is 3.31. The van der Waals surface area contributed by atoms with Gasteiger partial charge in [-0.15, -0.1) is 0 Å². The van der Waals surface area contributed by atoms with Gasteiger partial charge in [-0.25, -0.2) is 12.8 Å². The van der Waals surface area contributed by atoms with Crippen LogP contribution in [0.3, 0.4) is 0 Å². The van der Waals surface area contributed by atoms with Crippen molar-refractivity contribution in [2.24, 2.45) is 11.8 Å². The molecule has 1 amide bonds. The molecule has 148 valence electrons. The van der Waals surface area contributed by atoms with E-state index < -0.39 is 15.8 Å². The summed E-state index contributed by atoms with van der Waals surface area (Å²) in [5, 5.41) is 3.03. The van der Waals surface area contributed by atoms with Gasteiger partial charge in [0.15, 0.2) is 0 Å². The maximum absolute atomic E-state index is 13.3. The number of hydrogen-bond acceptors (Lipinski definition) is 3. The van der Waals surface area contributed by atoms with Gasteiger partial charge in [0.05, 0.1) is 10.6 Å². The Hall–Kier alpha value is -2.41. The van der Waals surface area contributed by atoms with E-state index in [-0.39, 0.29) is 29.1 Å². The van der Waals surface area contributed by atoms with Gasteiger partial charge < -0.3 is 5.32 Å². The zero-order valence-corrected chi connectivity index (χ0v) is 16.2. The minimum absolute atomic E-state index is 0.0899. The van der Waals surface area contributed by atoms with E-state index in [4.69, 9.17) is 0 Å². The van der Waals surface area contributed by atoms with Crippen LogP contribution >= 0.6 is 0 Å². The molecular formula is C21H23FN2O3S. The van der Waals surface area contributed by atoms with Crippen LogP contribution in [0, 0.1) is 17.7 Å². The second kappa shape index (κ2) is 7.54. The Labute approximate surface area is 164 Å². The number of fused-ring (bicyclic) bond motifs is 2. The maximum Gasteiger partial charge on any atom is 0.264 e. The lowest BCUT2D eigenvalue weighted by Gasteiger charge is -2.27. The van der Waals surface area contributed by atoms with Gasteiger partial charge >= 0.3 is 0 Å². The maximum atomic E-state index is 13.3. The fourth-order valence-electron chi connectivity index (χ4n) is 4.45. The summed E-state index contributed by atoms with van der Waals surface area (Å²) in [6.45, 7) is -0.337. The predicted octanol–water partition coefficient (Wildman–Crippen LogP) is 3.33. The Kier molecular flexibility index (Phi) is 5.10. The molecule has 2 fully saturated rings. The number of amides is 1. The molecular weight excluding hydrogens is 379 g/mol. The first kappa shape index (κ1) is 18.9. The summed E-state index contributed by atoms with van der Waals surface area (Å²) in [5.41, 5.74) is 0.258. The zero-order chi connectivity index (χ0) is 19.7. The highest BCUT2D eigenvalue weighted by Crippen LogP contribution is 2.44. The molecule has 5 nitrogen and oxygen atoms in total. The van der Waals surface area contributed by atoms with Crippen LogP contribution in [0.5, 0.6) is 0 Å². The highest BCUT2D eigenvalue weighted by atomic mass is 32.2.